The summed E-state index contributed by atoms with van der Waals surface area (Å²) in [6, 6.07) is 14.9. The molecule has 0 fully saturated rings. The minimum atomic E-state index is -0.416. The second-order valence-electron chi connectivity index (χ2n) is 4.11. The molecule has 1 unspecified atom stereocenters. The molecule has 2 aromatic rings. The highest BCUT2D eigenvalue weighted by atomic mass is 35.5. The quantitative estimate of drug-likeness (QED) is 0.734. The minimum Gasteiger partial charge on any atom is -0.198 e. The maximum atomic E-state index is 9.37. The molecular weight excluding hydrogens is 301 g/mol. The van der Waals surface area contributed by atoms with Crippen molar-refractivity contribution in [2.75, 3.05) is 0 Å². The van der Waals surface area contributed by atoms with Gasteiger partial charge < -0.3 is 0 Å². The highest BCUT2D eigenvalue weighted by Gasteiger charge is 2.19. The third kappa shape index (κ3) is 3.22. The number of hydrogen-bond acceptors (Lipinski definition) is 1. The molecular formula is C15H10Cl3N. The average Bonchev–Trinajstić information content (AvgIpc) is 2.39. The molecule has 19 heavy (non-hydrogen) atoms. The average molecular weight is 311 g/mol. The number of rotatable bonds is 3. The highest BCUT2D eigenvalue weighted by molar-refractivity contribution is 6.36. The van der Waals surface area contributed by atoms with Crippen LogP contribution < -0.4 is 0 Å². The number of halogens is 3. The summed E-state index contributed by atoms with van der Waals surface area (Å²) >= 11 is 18.4. The first-order valence-corrected chi connectivity index (χ1v) is 6.83. The first-order valence-electron chi connectivity index (χ1n) is 5.70. The second kappa shape index (κ2) is 6.30. The van der Waals surface area contributed by atoms with Gasteiger partial charge in [-0.25, -0.2) is 0 Å². The van der Waals surface area contributed by atoms with Gasteiger partial charge in [0.1, 0.15) is 0 Å². The summed E-state index contributed by atoms with van der Waals surface area (Å²) < 4.78 is 0. The second-order valence-corrected chi connectivity index (χ2v) is 5.33. The van der Waals surface area contributed by atoms with E-state index >= 15 is 0 Å². The predicted octanol–water partition coefficient (Wildman–Crippen LogP) is 5.50. The normalized spacial score (nSPS) is 11.9. The van der Waals surface area contributed by atoms with Crippen LogP contribution in [0, 0.1) is 11.3 Å². The molecule has 96 valence electrons. The molecule has 0 bridgehead atoms. The van der Waals surface area contributed by atoms with E-state index in [1.54, 1.807) is 24.3 Å². The summed E-state index contributed by atoms with van der Waals surface area (Å²) in [5, 5.41) is 11.0. The molecule has 0 aliphatic heterocycles. The summed E-state index contributed by atoms with van der Waals surface area (Å²) in [5.41, 5.74) is 1.57. The van der Waals surface area contributed by atoms with Crippen LogP contribution in [0.2, 0.25) is 15.1 Å². The van der Waals surface area contributed by atoms with Crippen molar-refractivity contribution in [3.63, 3.8) is 0 Å². The van der Waals surface area contributed by atoms with Gasteiger partial charge in [0.05, 0.1) is 12.0 Å². The first kappa shape index (κ1) is 14.2. The molecule has 0 saturated carbocycles. The molecule has 2 rings (SSSR count). The fourth-order valence-electron chi connectivity index (χ4n) is 1.94. The van der Waals surface area contributed by atoms with Crippen molar-refractivity contribution in [3.05, 3.63) is 68.7 Å². The zero-order chi connectivity index (χ0) is 13.8. The van der Waals surface area contributed by atoms with Gasteiger partial charge >= 0.3 is 0 Å². The Hall–Kier alpha value is -1.20. The summed E-state index contributed by atoms with van der Waals surface area (Å²) in [6.07, 6.45) is 0.486. The summed E-state index contributed by atoms with van der Waals surface area (Å²) in [6.45, 7) is 0. The van der Waals surface area contributed by atoms with Crippen molar-refractivity contribution in [1.29, 1.82) is 5.26 Å². The van der Waals surface area contributed by atoms with Crippen LogP contribution in [-0.2, 0) is 6.42 Å². The van der Waals surface area contributed by atoms with Crippen LogP contribution in [0.15, 0.2) is 42.5 Å². The zero-order valence-electron chi connectivity index (χ0n) is 9.91. The lowest BCUT2D eigenvalue weighted by molar-refractivity contribution is 0.850. The number of benzene rings is 2. The molecule has 0 heterocycles. The lowest BCUT2D eigenvalue weighted by Gasteiger charge is -2.14. The molecule has 0 radical (unpaired) electrons. The Morgan fingerprint density at radius 2 is 1.47 bits per heavy atom. The fraction of sp³-hybridized carbons (Fsp3) is 0.133. The monoisotopic (exact) mass is 309 g/mol. The molecule has 0 aliphatic carbocycles. The first-order chi connectivity index (χ1) is 9.13. The molecule has 0 aromatic heterocycles. The van der Waals surface area contributed by atoms with Crippen LogP contribution in [0.3, 0.4) is 0 Å². The molecule has 1 nitrogen and oxygen atoms in total. The van der Waals surface area contributed by atoms with Crippen LogP contribution in [0.1, 0.15) is 17.0 Å². The van der Waals surface area contributed by atoms with Crippen LogP contribution in [0.4, 0.5) is 0 Å². The van der Waals surface area contributed by atoms with Gasteiger partial charge in [-0.05, 0) is 30.2 Å². The van der Waals surface area contributed by atoms with Gasteiger partial charge in [0, 0.05) is 20.6 Å². The Morgan fingerprint density at radius 1 is 0.895 bits per heavy atom. The lowest BCUT2D eigenvalue weighted by atomic mass is 9.93. The Balaban J connectivity index is 2.37. The van der Waals surface area contributed by atoms with E-state index < -0.39 is 5.92 Å². The van der Waals surface area contributed by atoms with E-state index in [0.29, 0.717) is 27.1 Å². The fourth-order valence-corrected chi connectivity index (χ4v) is 2.81. The van der Waals surface area contributed by atoms with Gasteiger partial charge in [0.25, 0.3) is 0 Å². The SMILES string of the molecule is N#CC(Cc1ccccc1Cl)c1c(Cl)cccc1Cl. The van der Waals surface area contributed by atoms with Gasteiger partial charge in [0.2, 0.25) is 0 Å². The predicted molar refractivity (Wildman–Crippen MR) is 80.0 cm³/mol. The molecule has 0 spiro atoms. The lowest BCUT2D eigenvalue weighted by Crippen LogP contribution is -2.02. The van der Waals surface area contributed by atoms with Crippen LogP contribution in [0.5, 0.6) is 0 Å². The van der Waals surface area contributed by atoms with Gasteiger partial charge in [-0.15, -0.1) is 0 Å². The molecule has 0 amide bonds. The summed E-state index contributed by atoms with van der Waals surface area (Å²) in [7, 11) is 0. The van der Waals surface area contributed by atoms with Crippen LogP contribution in [0.25, 0.3) is 0 Å². The van der Waals surface area contributed by atoms with Crippen molar-refractivity contribution in [3.8, 4) is 6.07 Å². The summed E-state index contributed by atoms with van der Waals surface area (Å²) in [4.78, 5) is 0. The van der Waals surface area contributed by atoms with E-state index in [1.165, 1.54) is 0 Å². The maximum absolute atomic E-state index is 9.37. The number of nitriles is 1. The molecule has 2 aromatic carbocycles. The molecule has 4 heteroatoms. The van der Waals surface area contributed by atoms with Crippen molar-refractivity contribution in [2.24, 2.45) is 0 Å². The van der Waals surface area contributed by atoms with Crippen LogP contribution >= 0.6 is 34.8 Å². The highest BCUT2D eigenvalue weighted by Crippen LogP contribution is 2.34. The maximum Gasteiger partial charge on any atom is 0.0782 e. The molecule has 0 N–H and O–H groups in total. The largest absolute Gasteiger partial charge is 0.198 e. The van der Waals surface area contributed by atoms with Crippen molar-refractivity contribution in [2.45, 2.75) is 12.3 Å². The summed E-state index contributed by atoms with van der Waals surface area (Å²) in [5.74, 6) is -0.416. The van der Waals surface area contributed by atoms with Gasteiger partial charge in [-0.2, -0.15) is 5.26 Å². The molecule has 0 aliphatic rings. The zero-order valence-corrected chi connectivity index (χ0v) is 12.2. The van der Waals surface area contributed by atoms with Gasteiger partial charge in [-0.3, -0.25) is 0 Å². The van der Waals surface area contributed by atoms with Gasteiger partial charge in [-0.1, -0.05) is 59.1 Å². The van der Waals surface area contributed by atoms with E-state index in [1.807, 2.05) is 18.2 Å². The van der Waals surface area contributed by atoms with E-state index in [9.17, 15) is 5.26 Å². The smallest absolute Gasteiger partial charge is 0.0782 e. The minimum absolute atomic E-state index is 0.416. The van der Waals surface area contributed by atoms with Crippen molar-refractivity contribution >= 4 is 34.8 Å². The molecule has 0 saturated heterocycles. The van der Waals surface area contributed by atoms with E-state index in [2.05, 4.69) is 6.07 Å². The molecule has 1 atom stereocenters. The standard InChI is InChI=1S/C15H10Cl3N/c16-12-5-2-1-4-10(12)8-11(9-19)15-13(17)6-3-7-14(15)18/h1-7,11H,8H2. The van der Waals surface area contributed by atoms with Crippen LogP contribution in [-0.4, -0.2) is 0 Å². The Morgan fingerprint density at radius 3 is 2.05 bits per heavy atom. The van der Waals surface area contributed by atoms with E-state index in [0.717, 1.165) is 5.56 Å². The Labute approximate surface area is 127 Å². The Bertz CT molecular complexity index is 611. The van der Waals surface area contributed by atoms with E-state index in [-0.39, 0.29) is 0 Å². The number of nitrogens with zero attached hydrogens (tertiary/aromatic N) is 1. The third-order valence-corrected chi connectivity index (χ3v) is 3.91. The third-order valence-electron chi connectivity index (χ3n) is 2.89. The topological polar surface area (TPSA) is 23.8 Å². The van der Waals surface area contributed by atoms with Gasteiger partial charge in [0.15, 0.2) is 0 Å². The van der Waals surface area contributed by atoms with E-state index in [4.69, 9.17) is 34.8 Å². The van der Waals surface area contributed by atoms with Crippen molar-refractivity contribution in [1.82, 2.24) is 0 Å². The number of hydrogen-bond donors (Lipinski definition) is 0. The Kier molecular flexibility index (Phi) is 4.71. The van der Waals surface area contributed by atoms with Crippen molar-refractivity contribution < 1.29 is 0 Å².